The summed E-state index contributed by atoms with van der Waals surface area (Å²) in [5.74, 6) is 0.927. The van der Waals surface area contributed by atoms with Crippen molar-refractivity contribution in [3.05, 3.63) is 51.5 Å². The summed E-state index contributed by atoms with van der Waals surface area (Å²) in [7, 11) is 3.16. The van der Waals surface area contributed by atoms with Crippen LogP contribution in [0, 0.1) is 0 Å². The van der Waals surface area contributed by atoms with E-state index < -0.39 is 0 Å². The van der Waals surface area contributed by atoms with E-state index in [0.29, 0.717) is 40.7 Å². The first-order valence-corrected chi connectivity index (χ1v) is 9.32. The van der Waals surface area contributed by atoms with Gasteiger partial charge >= 0.3 is 0 Å². The van der Waals surface area contributed by atoms with Crippen LogP contribution in [0.15, 0.2) is 30.3 Å². The van der Waals surface area contributed by atoms with Crippen LogP contribution in [-0.2, 0) is 11.2 Å². The first-order valence-electron chi connectivity index (χ1n) is 8.57. The molecule has 0 unspecified atom stereocenters. The van der Waals surface area contributed by atoms with Gasteiger partial charge in [0.05, 0.1) is 36.5 Å². The van der Waals surface area contributed by atoms with Gasteiger partial charge in [-0.2, -0.15) is 0 Å². The zero-order chi connectivity index (χ0) is 20.7. The van der Waals surface area contributed by atoms with Crippen LogP contribution in [0.2, 0.25) is 10.0 Å². The van der Waals surface area contributed by atoms with Crippen molar-refractivity contribution in [3.63, 3.8) is 0 Å². The molecule has 0 saturated heterocycles. The van der Waals surface area contributed by atoms with Crippen molar-refractivity contribution < 1.29 is 19.1 Å². The first-order chi connectivity index (χ1) is 13.3. The predicted octanol–water partition coefficient (Wildman–Crippen LogP) is 3.98. The van der Waals surface area contributed by atoms with Crippen LogP contribution in [0.4, 0.5) is 5.69 Å². The van der Waals surface area contributed by atoms with Crippen molar-refractivity contribution in [1.82, 2.24) is 5.32 Å². The molecule has 0 atom stereocenters. The van der Waals surface area contributed by atoms with E-state index in [1.54, 1.807) is 20.3 Å². The molecule has 2 rings (SSSR count). The fourth-order valence-electron chi connectivity index (χ4n) is 2.57. The molecule has 6 nitrogen and oxygen atoms in total. The SMILES string of the molecule is COc1ccc(CCNC(=O)CNc2cc(C(C)=O)c(Cl)cc2Cl)cc1OC. The van der Waals surface area contributed by atoms with Crippen molar-refractivity contribution in [3.8, 4) is 11.5 Å². The highest BCUT2D eigenvalue weighted by Gasteiger charge is 2.12. The third kappa shape index (κ3) is 5.78. The molecule has 2 N–H and O–H groups in total. The average Bonchev–Trinajstić information content (AvgIpc) is 2.66. The maximum Gasteiger partial charge on any atom is 0.239 e. The second-order valence-corrected chi connectivity index (χ2v) is 6.83. The number of methoxy groups -OCH3 is 2. The molecule has 2 aromatic rings. The van der Waals surface area contributed by atoms with Gasteiger partial charge in [0, 0.05) is 12.1 Å². The lowest BCUT2D eigenvalue weighted by Gasteiger charge is -2.12. The number of rotatable bonds is 9. The molecule has 0 fully saturated rings. The van der Waals surface area contributed by atoms with Gasteiger partial charge in [-0.15, -0.1) is 0 Å². The number of amides is 1. The quantitative estimate of drug-likeness (QED) is 0.595. The molecule has 0 bridgehead atoms. The molecular weight excluding hydrogens is 403 g/mol. The van der Waals surface area contributed by atoms with Crippen LogP contribution in [0.3, 0.4) is 0 Å². The minimum atomic E-state index is -0.198. The van der Waals surface area contributed by atoms with Crippen LogP contribution >= 0.6 is 23.2 Å². The number of nitrogens with one attached hydrogen (secondary N) is 2. The highest BCUT2D eigenvalue weighted by Crippen LogP contribution is 2.29. The molecular formula is C20H22Cl2N2O4. The fraction of sp³-hybridized carbons (Fsp3) is 0.300. The van der Waals surface area contributed by atoms with Gasteiger partial charge in [-0.25, -0.2) is 0 Å². The average molecular weight is 425 g/mol. The van der Waals surface area contributed by atoms with E-state index in [0.717, 1.165) is 5.56 Å². The van der Waals surface area contributed by atoms with E-state index >= 15 is 0 Å². The molecule has 0 aliphatic carbocycles. The Morgan fingerprint density at radius 3 is 2.36 bits per heavy atom. The number of carbonyl (C=O) groups is 2. The van der Waals surface area contributed by atoms with Gasteiger partial charge in [-0.1, -0.05) is 29.3 Å². The highest BCUT2D eigenvalue weighted by molar-refractivity contribution is 6.38. The number of Topliss-reactive ketones (excluding diaryl/α,β-unsaturated/α-hetero) is 1. The Morgan fingerprint density at radius 2 is 1.71 bits per heavy atom. The molecule has 150 valence electrons. The Hall–Kier alpha value is -2.44. The lowest BCUT2D eigenvalue weighted by molar-refractivity contribution is -0.119. The molecule has 8 heteroatoms. The maximum atomic E-state index is 12.1. The van der Waals surface area contributed by atoms with Gasteiger partial charge < -0.3 is 20.1 Å². The van der Waals surface area contributed by atoms with E-state index in [9.17, 15) is 9.59 Å². The Bertz CT molecular complexity index is 872. The van der Waals surface area contributed by atoms with Crippen LogP contribution in [0.5, 0.6) is 11.5 Å². The topological polar surface area (TPSA) is 76.7 Å². The van der Waals surface area contributed by atoms with Crippen molar-refractivity contribution in [2.75, 3.05) is 32.6 Å². The molecule has 0 radical (unpaired) electrons. The van der Waals surface area contributed by atoms with E-state index in [-0.39, 0.29) is 23.3 Å². The summed E-state index contributed by atoms with van der Waals surface area (Å²) in [4.78, 5) is 23.7. The van der Waals surface area contributed by atoms with Crippen LogP contribution < -0.4 is 20.1 Å². The minimum Gasteiger partial charge on any atom is -0.493 e. The third-order valence-corrected chi connectivity index (χ3v) is 4.68. The van der Waals surface area contributed by atoms with Crippen molar-refractivity contribution in [2.45, 2.75) is 13.3 Å². The summed E-state index contributed by atoms with van der Waals surface area (Å²) in [6, 6.07) is 8.65. The smallest absolute Gasteiger partial charge is 0.239 e. The number of benzene rings is 2. The van der Waals surface area contributed by atoms with Crippen LogP contribution in [0.25, 0.3) is 0 Å². The zero-order valence-electron chi connectivity index (χ0n) is 15.9. The summed E-state index contributed by atoms with van der Waals surface area (Å²) in [6.07, 6.45) is 0.641. The van der Waals surface area contributed by atoms with Crippen molar-refractivity contribution in [2.24, 2.45) is 0 Å². The standard InChI is InChI=1S/C20H22Cl2N2O4/c1-12(25)14-9-17(16(22)10-15(14)21)24-11-20(26)23-7-6-13-4-5-18(27-2)19(8-13)28-3/h4-5,8-10,24H,6-7,11H2,1-3H3,(H,23,26). The fourth-order valence-corrected chi connectivity index (χ4v) is 3.16. The molecule has 28 heavy (non-hydrogen) atoms. The molecule has 2 aromatic carbocycles. The van der Waals surface area contributed by atoms with Gasteiger partial charge in [0.1, 0.15) is 0 Å². The Balaban J connectivity index is 1.87. The van der Waals surface area contributed by atoms with Crippen LogP contribution in [-0.4, -0.2) is 39.0 Å². The molecule has 0 aromatic heterocycles. The minimum absolute atomic E-state index is 0.0185. The van der Waals surface area contributed by atoms with Crippen molar-refractivity contribution >= 4 is 40.6 Å². The molecule has 0 saturated carbocycles. The number of anilines is 1. The second kappa shape index (κ2) is 10.2. The van der Waals surface area contributed by atoms with Gasteiger partial charge in [0.25, 0.3) is 0 Å². The lowest BCUT2D eigenvalue weighted by atomic mass is 10.1. The predicted molar refractivity (Wildman–Crippen MR) is 111 cm³/mol. The number of hydrogen-bond donors (Lipinski definition) is 2. The molecule has 0 aliphatic rings. The summed E-state index contributed by atoms with van der Waals surface area (Å²) in [5, 5.41) is 6.37. The number of hydrogen-bond acceptors (Lipinski definition) is 5. The Morgan fingerprint density at radius 1 is 1.00 bits per heavy atom. The number of ether oxygens (including phenoxy) is 2. The first kappa shape index (κ1) is 21.9. The highest BCUT2D eigenvalue weighted by atomic mass is 35.5. The maximum absolute atomic E-state index is 12.1. The zero-order valence-corrected chi connectivity index (χ0v) is 17.4. The Kier molecular flexibility index (Phi) is 7.96. The number of carbonyl (C=O) groups excluding carboxylic acids is 2. The molecule has 0 heterocycles. The molecule has 1 amide bonds. The van der Waals surface area contributed by atoms with E-state index in [4.69, 9.17) is 32.7 Å². The Labute approximate surface area is 174 Å². The summed E-state index contributed by atoms with van der Waals surface area (Å²) >= 11 is 12.1. The van der Waals surface area contributed by atoms with Crippen molar-refractivity contribution in [1.29, 1.82) is 0 Å². The van der Waals surface area contributed by atoms with Gasteiger partial charge in [0.2, 0.25) is 5.91 Å². The van der Waals surface area contributed by atoms with Gasteiger partial charge in [0.15, 0.2) is 17.3 Å². The lowest BCUT2D eigenvalue weighted by Crippen LogP contribution is -2.31. The summed E-state index contributed by atoms with van der Waals surface area (Å²) in [6.45, 7) is 1.90. The van der Waals surface area contributed by atoms with E-state index in [1.807, 2.05) is 18.2 Å². The van der Waals surface area contributed by atoms with Gasteiger partial charge in [-0.3, -0.25) is 9.59 Å². The summed E-state index contributed by atoms with van der Waals surface area (Å²) < 4.78 is 10.5. The number of ketones is 1. The van der Waals surface area contributed by atoms with E-state index in [1.165, 1.54) is 13.0 Å². The monoisotopic (exact) mass is 424 g/mol. The van der Waals surface area contributed by atoms with Gasteiger partial charge in [-0.05, 0) is 43.2 Å². The van der Waals surface area contributed by atoms with E-state index in [2.05, 4.69) is 10.6 Å². The summed E-state index contributed by atoms with van der Waals surface area (Å²) in [5.41, 5.74) is 1.84. The molecule has 0 spiro atoms. The normalized spacial score (nSPS) is 10.3. The largest absolute Gasteiger partial charge is 0.493 e. The second-order valence-electron chi connectivity index (χ2n) is 6.01. The number of halogens is 2. The third-order valence-electron chi connectivity index (χ3n) is 4.06. The van der Waals surface area contributed by atoms with Crippen LogP contribution in [0.1, 0.15) is 22.8 Å². The molecule has 0 aliphatic heterocycles.